The Bertz CT molecular complexity index is 227. The molecule has 1 saturated heterocycles. The third kappa shape index (κ3) is 2.51. The lowest BCUT2D eigenvalue weighted by molar-refractivity contribution is -0.150. The third-order valence-corrected chi connectivity index (χ3v) is 3.55. The Balaban J connectivity index is 2.72. The molecule has 0 aromatic heterocycles. The van der Waals surface area contributed by atoms with Gasteiger partial charge in [-0.1, -0.05) is 20.8 Å². The van der Waals surface area contributed by atoms with Crippen LogP contribution >= 0.6 is 0 Å². The number of hydrogen-bond acceptors (Lipinski definition) is 3. The lowest BCUT2D eigenvalue weighted by Crippen LogP contribution is -2.30. The fourth-order valence-corrected chi connectivity index (χ4v) is 2.26. The summed E-state index contributed by atoms with van der Waals surface area (Å²) in [6.45, 7) is 5.97. The summed E-state index contributed by atoms with van der Waals surface area (Å²) in [5.41, 5.74) is -0.421. The summed E-state index contributed by atoms with van der Waals surface area (Å²) < 4.78 is 5.31. The third-order valence-electron chi connectivity index (χ3n) is 3.55. The van der Waals surface area contributed by atoms with E-state index in [9.17, 15) is 9.90 Å². The van der Waals surface area contributed by atoms with Crippen LogP contribution in [0.1, 0.15) is 52.9 Å². The molecule has 1 aliphatic heterocycles. The summed E-state index contributed by atoms with van der Waals surface area (Å²) in [4.78, 5) is 11.8. The molecule has 3 unspecified atom stereocenters. The Morgan fingerprint density at radius 3 is 2.60 bits per heavy atom. The molecule has 3 heteroatoms. The highest BCUT2D eigenvalue weighted by molar-refractivity contribution is 5.79. The molecule has 1 rings (SSSR count). The Morgan fingerprint density at radius 2 is 2.20 bits per heavy atom. The molecule has 0 spiro atoms. The maximum atomic E-state index is 11.8. The zero-order chi connectivity index (χ0) is 11.5. The van der Waals surface area contributed by atoms with E-state index in [-0.39, 0.29) is 18.2 Å². The van der Waals surface area contributed by atoms with E-state index in [0.29, 0.717) is 12.8 Å². The molecule has 0 amide bonds. The first-order chi connectivity index (χ1) is 7.07. The average Bonchev–Trinajstić information content (AvgIpc) is 2.56. The molecule has 1 N–H and O–H groups in total. The molecular formula is C12H22O3. The van der Waals surface area contributed by atoms with Gasteiger partial charge in [0.05, 0.1) is 11.5 Å². The number of hydrogen-bond donors (Lipinski definition) is 1. The van der Waals surface area contributed by atoms with E-state index in [4.69, 9.17) is 4.74 Å². The van der Waals surface area contributed by atoms with Crippen LogP contribution in [-0.2, 0) is 9.53 Å². The van der Waals surface area contributed by atoms with Gasteiger partial charge in [0.15, 0.2) is 0 Å². The van der Waals surface area contributed by atoms with Gasteiger partial charge in [0.2, 0.25) is 0 Å². The van der Waals surface area contributed by atoms with E-state index in [1.54, 1.807) is 0 Å². The van der Waals surface area contributed by atoms with Crippen molar-refractivity contribution < 1.29 is 14.6 Å². The van der Waals surface area contributed by atoms with Gasteiger partial charge in [-0.3, -0.25) is 4.79 Å². The Kier molecular flexibility index (Phi) is 4.14. The highest BCUT2D eigenvalue weighted by Gasteiger charge is 2.47. The van der Waals surface area contributed by atoms with Crippen molar-refractivity contribution in [1.29, 1.82) is 0 Å². The van der Waals surface area contributed by atoms with Crippen molar-refractivity contribution in [2.24, 2.45) is 5.41 Å². The highest BCUT2D eigenvalue weighted by Crippen LogP contribution is 2.42. The van der Waals surface area contributed by atoms with E-state index < -0.39 is 5.41 Å². The second kappa shape index (κ2) is 4.97. The largest absolute Gasteiger partial charge is 0.462 e. The Hall–Kier alpha value is -0.570. The second-order valence-corrected chi connectivity index (χ2v) is 4.54. The number of aliphatic hydroxyl groups excluding tert-OH is 1. The topological polar surface area (TPSA) is 46.5 Å². The van der Waals surface area contributed by atoms with Gasteiger partial charge in [-0.15, -0.1) is 0 Å². The van der Waals surface area contributed by atoms with Gasteiger partial charge in [0, 0.05) is 6.42 Å². The quantitative estimate of drug-likeness (QED) is 0.714. The lowest BCUT2D eigenvalue weighted by Gasteiger charge is -2.25. The molecule has 15 heavy (non-hydrogen) atoms. The van der Waals surface area contributed by atoms with E-state index in [1.165, 1.54) is 0 Å². The fraction of sp³-hybridized carbons (Fsp3) is 0.917. The molecule has 1 heterocycles. The molecule has 3 atom stereocenters. The zero-order valence-electron chi connectivity index (χ0n) is 9.95. The standard InChI is InChI=1S/C12H22O3/c1-4-9(13)7-12(6-3)8-10(5-2)15-11(12)14/h9-10,13H,4-8H2,1-3H3. The first-order valence-electron chi connectivity index (χ1n) is 5.97. The van der Waals surface area contributed by atoms with E-state index >= 15 is 0 Å². The summed E-state index contributed by atoms with van der Waals surface area (Å²) in [6.07, 6.45) is 3.33. The molecule has 0 aromatic carbocycles. The minimum atomic E-state index is -0.421. The summed E-state index contributed by atoms with van der Waals surface area (Å²) in [5, 5.41) is 9.68. The average molecular weight is 214 g/mol. The molecule has 3 nitrogen and oxygen atoms in total. The van der Waals surface area contributed by atoms with Gasteiger partial charge in [0.25, 0.3) is 0 Å². The minimum Gasteiger partial charge on any atom is -0.462 e. The number of carbonyl (C=O) groups excluding carboxylic acids is 1. The predicted octanol–water partition coefficient (Wildman–Crippen LogP) is 2.27. The van der Waals surface area contributed by atoms with Crippen molar-refractivity contribution in [2.45, 2.75) is 65.1 Å². The molecule has 0 aliphatic carbocycles. The van der Waals surface area contributed by atoms with E-state index in [2.05, 4.69) is 0 Å². The number of rotatable bonds is 5. The monoisotopic (exact) mass is 214 g/mol. The fourth-order valence-electron chi connectivity index (χ4n) is 2.26. The number of cyclic esters (lactones) is 1. The molecular weight excluding hydrogens is 192 g/mol. The predicted molar refractivity (Wildman–Crippen MR) is 58.4 cm³/mol. The van der Waals surface area contributed by atoms with E-state index in [0.717, 1.165) is 19.3 Å². The van der Waals surface area contributed by atoms with Crippen molar-refractivity contribution in [3.63, 3.8) is 0 Å². The van der Waals surface area contributed by atoms with Gasteiger partial charge in [-0.25, -0.2) is 0 Å². The van der Waals surface area contributed by atoms with Crippen LogP contribution < -0.4 is 0 Å². The normalized spacial score (nSPS) is 32.8. The summed E-state index contributed by atoms with van der Waals surface area (Å²) in [7, 11) is 0. The van der Waals surface area contributed by atoms with Crippen molar-refractivity contribution in [1.82, 2.24) is 0 Å². The minimum absolute atomic E-state index is 0.0570. The van der Waals surface area contributed by atoms with Gasteiger partial charge in [-0.05, 0) is 25.7 Å². The number of ether oxygens (including phenoxy) is 1. The highest BCUT2D eigenvalue weighted by atomic mass is 16.6. The molecule has 1 fully saturated rings. The van der Waals surface area contributed by atoms with Crippen molar-refractivity contribution in [3.8, 4) is 0 Å². The molecule has 0 saturated carbocycles. The van der Waals surface area contributed by atoms with Crippen molar-refractivity contribution in [2.75, 3.05) is 0 Å². The van der Waals surface area contributed by atoms with Gasteiger partial charge < -0.3 is 9.84 Å². The summed E-state index contributed by atoms with van der Waals surface area (Å²) in [6, 6.07) is 0. The SMILES string of the molecule is CCC(O)CC1(CC)CC(CC)OC1=O. The first-order valence-corrected chi connectivity index (χ1v) is 5.97. The van der Waals surface area contributed by atoms with Crippen LogP contribution in [-0.4, -0.2) is 23.3 Å². The maximum Gasteiger partial charge on any atom is 0.312 e. The molecule has 0 aromatic rings. The summed E-state index contributed by atoms with van der Waals surface area (Å²) >= 11 is 0. The number of carbonyl (C=O) groups is 1. The van der Waals surface area contributed by atoms with Crippen LogP contribution in [0.25, 0.3) is 0 Å². The van der Waals surface area contributed by atoms with Gasteiger partial charge in [-0.2, -0.15) is 0 Å². The molecule has 88 valence electrons. The summed E-state index contributed by atoms with van der Waals surface area (Å²) in [5.74, 6) is -0.107. The lowest BCUT2D eigenvalue weighted by atomic mass is 9.76. The van der Waals surface area contributed by atoms with Crippen LogP contribution in [0.15, 0.2) is 0 Å². The molecule has 0 bridgehead atoms. The first kappa shape index (κ1) is 12.5. The second-order valence-electron chi connectivity index (χ2n) is 4.54. The number of aliphatic hydroxyl groups is 1. The smallest absolute Gasteiger partial charge is 0.312 e. The van der Waals surface area contributed by atoms with Gasteiger partial charge in [0.1, 0.15) is 6.10 Å². The molecule has 0 radical (unpaired) electrons. The van der Waals surface area contributed by atoms with Crippen LogP contribution in [0.4, 0.5) is 0 Å². The van der Waals surface area contributed by atoms with E-state index in [1.807, 2.05) is 20.8 Å². The van der Waals surface area contributed by atoms with Crippen molar-refractivity contribution in [3.05, 3.63) is 0 Å². The van der Waals surface area contributed by atoms with Crippen LogP contribution in [0.2, 0.25) is 0 Å². The van der Waals surface area contributed by atoms with Crippen LogP contribution in [0.5, 0.6) is 0 Å². The van der Waals surface area contributed by atoms with Gasteiger partial charge >= 0.3 is 5.97 Å². The molecule has 1 aliphatic rings. The zero-order valence-corrected chi connectivity index (χ0v) is 9.95. The maximum absolute atomic E-state index is 11.8. The Labute approximate surface area is 91.8 Å². The van der Waals surface area contributed by atoms with Crippen LogP contribution in [0, 0.1) is 5.41 Å². The Morgan fingerprint density at radius 1 is 1.53 bits per heavy atom. The number of esters is 1. The van der Waals surface area contributed by atoms with Crippen LogP contribution in [0.3, 0.4) is 0 Å². The van der Waals surface area contributed by atoms with Crippen molar-refractivity contribution >= 4 is 5.97 Å².